The van der Waals surface area contributed by atoms with Crippen molar-refractivity contribution in [2.24, 2.45) is 0 Å². The van der Waals surface area contributed by atoms with Gasteiger partial charge in [-0.25, -0.2) is 4.57 Å². The van der Waals surface area contributed by atoms with E-state index in [-0.39, 0.29) is 19.4 Å². The molecule has 0 aliphatic rings. The summed E-state index contributed by atoms with van der Waals surface area (Å²) in [5.74, 6) is -0.997. The summed E-state index contributed by atoms with van der Waals surface area (Å²) in [4.78, 5) is 34.7. The number of hydrogen-bond acceptors (Lipinski definition) is 9. The molecule has 0 aromatic carbocycles. The molecule has 0 fully saturated rings. The molecule has 0 aromatic heterocycles. The van der Waals surface area contributed by atoms with Crippen molar-refractivity contribution < 1.29 is 47.8 Å². The SMILES string of the molecule is CCCCC/C=C/C/C=C/C/C=C/C/C=C/CCCC(=O)OC[C@@H](COP(=O)(O)OC[C@H](O)CO)OC(=O)CCCCCCCCCCC. The number of phosphoric ester groups is 1. The van der Waals surface area contributed by atoms with Crippen LogP contribution in [0.1, 0.15) is 142 Å². The van der Waals surface area contributed by atoms with E-state index in [0.717, 1.165) is 44.9 Å². The molecule has 10 nitrogen and oxygen atoms in total. The largest absolute Gasteiger partial charge is 0.472 e. The summed E-state index contributed by atoms with van der Waals surface area (Å²) in [5, 5.41) is 18.2. The molecule has 1 unspecified atom stereocenters. The summed E-state index contributed by atoms with van der Waals surface area (Å²) < 4.78 is 32.4. The average Bonchev–Trinajstić information content (AvgIpc) is 3.09. The van der Waals surface area contributed by atoms with Gasteiger partial charge in [-0.3, -0.25) is 18.6 Å². The molecule has 0 saturated carbocycles. The minimum absolute atomic E-state index is 0.165. The third kappa shape index (κ3) is 34.2. The van der Waals surface area contributed by atoms with E-state index in [0.29, 0.717) is 19.3 Å². The molecule has 0 aliphatic carbocycles. The van der Waals surface area contributed by atoms with Crippen molar-refractivity contribution in [3.63, 3.8) is 0 Å². The third-order valence-electron chi connectivity index (χ3n) is 7.49. The fourth-order valence-electron chi connectivity index (χ4n) is 4.57. The molecular formula is C38H67O10P. The monoisotopic (exact) mass is 714 g/mol. The normalized spacial score (nSPS) is 14.6. The molecule has 3 atom stereocenters. The van der Waals surface area contributed by atoms with Crippen LogP contribution < -0.4 is 0 Å². The topological polar surface area (TPSA) is 149 Å². The summed E-state index contributed by atoms with van der Waals surface area (Å²) in [5.41, 5.74) is 0. The molecule has 0 radical (unpaired) electrons. The van der Waals surface area contributed by atoms with Gasteiger partial charge >= 0.3 is 19.8 Å². The second kappa shape index (κ2) is 34.4. The van der Waals surface area contributed by atoms with Crippen LogP contribution in [0.15, 0.2) is 48.6 Å². The quantitative estimate of drug-likeness (QED) is 0.0255. The van der Waals surface area contributed by atoms with Crippen LogP contribution in [0.5, 0.6) is 0 Å². The minimum atomic E-state index is -4.62. The van der Waals surface area contributed by atoms with Crippen molar-refractivity contribution >= 4 is 19.8 Å². The number of unbranched alkanes of at least 4 members (excludes halogenated alkanes) is 12. The van der Waals surface area contributed by atoms with Crippen LogP contribution in [0.3, 0.4) is 0 Å². The van der Waals surface area contributed by atoms with E-state index in [1.807, 2.05) is 6.08 Å². The number of ether oxygens (including phenoxy) is 2. The highest BCUT2D eigenvalue weighted by atomic mass is 31.2. The molecule has 11 heteroatoms. The van der Waals surface area contributed by atoms with Crippen molar-refractivity contribution in [2.75, 3.05) is 26.4 Å². The predicted molar refractivity (Wildman–Crippen MR) is 196 cm³/mol. The van der Waals surface area contributed by atoms with E-state index in [1.54, 1.807) is 0 Å². The molecule has 284 valence electrons. The average molecular weight is 715 g/mol. The number of allylic oxidation sites excluding steroid dienone is 8. The Morgan fingerprint density at radius 1 is 0.612 bits per heavy atom. The summed E-state index contributed by atoms with van der Waals surface area (Å²) in [6.45, 7) is 2.23. The maximum absolute atomic E-state index is 12.5. The second-order valence-electron chi connectivity index (χ2n) is 12.3. The van der Waals surface area contributed by atoms with Crippen LogP contribution in [-0.4, -0.2) is 65.7 Å². The zero-order chi connectivity index (χ0) is 36.3. The smallest absolute Gasteiger partial charge is 0.462 e. The van der Waals surface area contributed by atoms with E-state index in [1.165, 1.54) is 51.4 Å². The van der Waals surface area contributed by atoms with Gasteiger partial charge in [0.15, 0.2) is 6.10 Å². The van der Waals surface area contributed by atoms with Crippen molar-refractivity contribution in [3.05, 3.63) is 48.6 Å². The Labute approximate surface area is 296 Å². The molecule has 49 heavy (non-hydrogen) atoms. The van der Waals surface area contributed by atoms with Gasteiger partial charge in [-0.1, -0.05) is 127 Å². The van der Waals surface area contributed by atoms with Gasteiger partial charge in [0.05, 0.1) is 19.8 Å². The minimum Gasteiger partial charge on any atom is -0.462 e. The lowest BCUT2D eigenvalue weighted by atomic mass is 10.1. The number of carbonyl (C=O) groups excluding carboxylic acids is 2. The number of aliphatic hydroxyl groups excluding tert-OH is 2. The molecule has 3 N–H and O–H groups in total. The molecule has 0 spiro atoms. The van der Waals surface area contributed by atoms with Crippen molar-refractivity contribution in [3.8, 4) is 0 Å². The number of carbonyl (C=O) groups is 2. The van der Waals surface area contributed by atoms with Crippen molar-refractivity contribution in [1.29, 1.82) is 0 Å². The molecule has 0 heterocycles. The van der Waals surface area contributed by atoms with Gasteiger partial charge < -0.3 is 24.6 Å². The molecule has 0 amide bonds. The van der Waals surface area contributed by atoms with Gasteiger partial charge in [0.2, 0.25) is 0 Å². The standard InChI is InChI=1S/C38H67O10P/c1-3-5-7-9-11-13-14-15-16-17-18-19-20-22-23-25-27-29-37(41)45-33-36(34-47-49(43,44)46-32-35(40)31-39)48-38(42)30-28-26-24-21-12-10-8-6-4-2/h11,13,15-16,18-19,22-23,35-36,39-40H,3-10,12,14,17,20-21,24-34H2,1-2H3,(H,43,44)/b13-11+,16-15+,19-18+,23-22+/t35-,36+/m1/s1. The highest BCUT2D eigenvalue weighted by molar-refractivity contribution is 7.47. The van der Waals surface area contributed by atoms with E-state index in [4.69, 9.17) is 19.1 Å². The highest BCUT2D eigenvalue weighted by Crippen LogP contribution is 2.43. The van der Waals surface area contributed by atoms with Crippen LogP contribution in [0.4, 0.5) is 0 Å². The lowest BCUT2D eigenvalue weighted by molar-refractivity contribution is -0.161. The lowest BCUT2D eigenvalue weighted by Gasteiger charge is -2.20. The maximum Gasteiger partial charge on any atom is 0.472 e. The van der Waals surface area contributed by atoms with E-state index >= 15 is 0 Å². The third-order valence-corrected chi connectivity index (χ3v) is 8.44. The number of hydrogen-bond donors (Lipinski definition) is 3. The van der Waals surface area contributed by atoms with Crippen LogP contribution >= 0.6 is 7.82 Å². The van der Waals surface area contributed by atoms with Crippen molar-refractivity contribution in [1.82, 2.24) is 0 Å². The Kier molecular flexibility index (Phi) is 32.9. The van der Waals surface area contributed by atoms with Gasteiger partial charge in [0.25, 0.3) is 0 Å². The Balaban J connectivity index is 4.45. The van der Waals surface area contributed by atoms with E-state index in [9.17, 15) is 24.2 Å². The molecule has 0 bridgehead atoms. The Hall–Kier alpha value is -2.07. The highest BCUT2D eigenvalue weighted by Gasteiger charge is 2.27. The molecule has 0 rings (SSSR count). The fourth-order valence-corrected chi connectivity index (χ4v) is 5.36. The molecule has 0 saturated heterocycles. The number of aliphatic hydroxyl groups is 2. The first-order chi connectivity index (χ1) is 23.7. The Morgan fingerprint density at radius 2 is 1.08 bits per heavy atom. The summed E-state index contributed by atoms with van der Waals surface area (Å²) in [6, 6.07) is 0. The Morgan fingerprint density at radius 3 is 1.65 bits per heavy atom. The first kappa shape index (κ1) is 46.9. The van der Waals surface area contributed by atoms with Gasteiger partial charge in [-0.2, -0.15) is 0 Å². The summed E-state index contributed by atoms with van der Waals surface area (Å²) in [7, 11) is -4.62. The van der Waals surface area contributed by atoms with Crippen LogP contribution in [0.2, 0.25) is 0 Å². The first-order valence-corrected chi connectivity index (χ1v) is 20.1. The first-order valence-electron chi connectivity index (χ1n) is 18.6. The van der Waals surface area contributed by atoms with E-state index in [2.05, 4.69) is 60.9 Å². The predicted octanol–water partition coefficient (Wildman–Crippen LogP) is 8.99. The van der Waals surface area contributed by atoms with Crippen molar-refractivity contribution in [2.45, 2.75) is 154 Å². The lowest BCUT2D eigenvalue weighted by Crippen LogP contribution is -2.29. The fraction of sp³-hybridized carbons (Fsp3) is 0.737. The summed E-state index contributed by atoms with van der Waals surface area (Å²) >= 11 is 0. The van der Waals surface area contributed by atoms with Gasteiger partial charge in [-0.05, 0) is 51.4 Å². The zero-order valence-corrected chi connectivity index (χ0v) is 31.3. The van der Waals surface area contributed by atoms with Gasteiger partial charge in [0.1, 0.15) is 12.7 Å². The van der Waals surface area contributed by atoms with Gasteiger partial charge in [-0.15, -0.1) is 0 Å². The second-order valence-corrected chi connectivity index (χ2v) is 13.7. The Bertz CT molecular complexity index is 962. The van der Waals surface area contributed by atoms with Crippen LogP contribution in [0.25, 0.3) is 0 Å². The molecule has 0 aromatic rings. The van der Waals surface area contributed by atoms with E-state index < -0.39 is 51.8 Å². The number of esters is 2. The van der Waals surface area contributed by atoms with Crippen LogP contribution in [0, 0.1) is 0 Å². The van der Waals surface area contributed by atoms with Gasteiger partial charge in [0, 0.05) is 12.8 Å². The molecule has 0 aliphatic heterocycles. The molecular weight excluding hydrogens is 647 g/mol. The maximum atomic E-state index is 12.5. The van der Waals surface area contributed by atoms with Crippen LogP contribution in [-0.2, 0) is 32.7 Å². The zero-order valence-electron chi connectivity index (χ0n) is 30.4. The summed E-state index contributed by atoms with van der Waals surface area (Å²) in [6.07, 6.45) is 33.8. The number of rotatable bonds is 34. The number of phosphoric acid groups is 1.